The van der Waals surface area contributed by atoms with E-state index in [0.29, 0.717) is 15.8 Å². The van der Waals surface area contributed by atoms with Crippen molar-refractivity contribution in [1.82, 2.24) is 9.97 Å². The van der Waals surface area contributed by atoms with E-state index in [0.717, 1.165) is 6.29 Å². The number of aldehydes is 1. The molecule has 3 nitrogen and oxygen atoms in total. The highest BCUT2D eigenvalue weighted by molar-refractivity contribution is 7.18. The van der Waals surface area contributed by atoms with E-state index in [1.807, 2.05) is 0 Å². The van der Waals surface area contributed by atoms with Crippen LogP contribution < -0.4 is 0 Å². The molecule has 0 saturated carbocycles. The van der Waals surface area contributed by atoms with Gasteiger partial charge >= 0.3 is 0 Å². The third-order valence-corrected chi connectivity index (χ3v) is 3.05. The van der Waals surface area contributed by atoms with Gasteiger partial charge in [-0.1, -0.05) is 11.6 Å². The molecular formula is C7H2Cl2N2OS. The van der Waals surface area contributed by atoms with Crippen LogP contribution in [0.15, 0.2) is 5.38 Å². The number of hydrogen-bond acceptors (Lipinski definition) is 4. The van der Waals surface area contributed by atoms with Crippen molar-refractivity contribution in [2.24, 2.45) is 0 Å². The van der Waals surface area contributed by atoms with Gasteiger partial charge in [0.1, 0.15) is 0 Å². The minimum absolute atomic E-state index is 0.0546. The number of aromatic nitrogens is 2. The van der Waals surface area contributed by atoms with Crippen molar-refractivity contribution >= 4 is 51.0 Å². The van der Waals surface area contributed by atoms with Gasteiger partial charge in [-0.2, -0.15) is 0 Å². The third-order valence-electron chi connectivity index (χ3n) is 1.50. The Morgan fingerprint density at radius 3 is 2.85 bits per heavy atom. The van der Waals surface area contributed by atoms with Crippen molar-refractivity contribution in [2.75, 3.05) is 0 Å². The molecule has 0 N–H and O–H groups in total. The summed E-state index contributed by atoms with van der Waals surface area (Å²) in [6.45, 7) is 0. The smallest absolute Gasteiger partial charge is 0.224 e. The van der Waals surface area contributed by atoms with Gasteiger partial charge in [0.05, 0.1) is 15.8 Å². The molecule has 2 heterocycles. The van der Waals surface area contributed by atoms with Crippen molar-refractivity contribution < 1.29 is 4.79 Å². The number of halogens is 2. The lowest BCUT2D eigenvalue weighted by Crippen LogP contribution is -1.85. The van der Waals surface area contributed by atoms with Gasteiger partial charge in [-0.25, -0.2) is 9.97 Å². The molecule has 2 rings (SSSR count). The quantitative estimate of drug-likeness (QED) is 0.432. The molecule has 0 atom stereocenters. The molecule has 0 saturated heterocycles. The molecule has 0 aromatic carbocycles. The second kappa shape index (κ2) is 3.21. The highest BCUT2D eigenvalue weighted by atomic mass is 35.5. The van der Waals surface area contributed by atoms with Gasteiger partial charge in [0.25, 0.3) is 0 Å². The van der Waals surface area contributed by atoms with E-state index in [4.69, 9.17) is 23.2 Å². The fourth-order valence-corrected chi connectivity index (χ4v) is 2.30. The summed E-state index contributed by atoms with van der Waals surface area (Å²) >= 11 is 12.7. The number of thiophene rings is 1. The molecule has 66 valence electrons. The minimum atomic E-state index is 0.0546. The molecule has 0 bridgehead atoms. The lowest BCUT2D eigenvalue weighted by atomic mass is 10.3. The maximum atomic E-state index is 10.6. The molecule has 6 heteroatoms. The summed E-state index contributed by atoms with van der Waals surface area (Å²) in [5.74, 6) is 0. The molecule has 0 spiro atoms. The Hall–Kier alpha value is -0.710. The monoisotopic (exact) mass is 232 g/mol. The Kier molecular flexibility index (Phi) is 2.19. The van der Waals surface area contributed by atoms with Crippen LogP contribution in [0.1, 0.15) is 10.4 Å². The Labute approximate surface area is 87.3 Å². The van der Waals surface area contributed by atoms with Crippen LogP contribution in [-0.4, -0.2) is 16.3 Å². The van der Waals surface area contributed by atoms with Gasteiger partial charge in [0.15, 0.2) is 11.4 Å². The van der Waals surface area contributed by atoms with E-state index >= 15 is 0 Å². The first-order valence-electron chi connectivity index (χ1n) is 3.28. The van der Waals surface area contributed by atoms with Crippen LogP contribution in [-0.2, 0) is 0 Å². The van der Waals surface area contributed by atoms with Crippen molar-refractivity contribution in [3.8, 4) is 0 Å². The van der Waals surface area contributed by atoms with Crippen molar-refractivity contribution in [2.45, 2.75) is 0 Å². The average molecular weight is 233 g/mol. The zero-order valence-electron chi connectivity index (χ0n) is 6.12. The molecular weight excluding hydrogens is 231 g/mol. The lowest BCUT2D eigenvalue weighted by Gasteiger charge is -1.93. The number of hydrogen-bond donors (Lipinski definition) is 0. The number of nitrogens with zero attached hydrogens (tertiary/aromatic N) is 2. The molecule has 0 aliphatic carbocycles. The van der Waals surface area contributed by atoms with Crippen LogP contribution >= 0.6 is 34.5 Å². The Morgan fingerprint density at radius 1 is 1.38 bits per heavy atom. The van der Waals surface area contributed by atoms with Gasteiger partial charge in [-0.3, -0.25) is 4.79 Å². The predicted molar refractivity (Wildman–Crippen MR) is 52.8 cm³/mol. The summed E-state index contributed by atoms with van der Waals surface area (Å²) in [5.41, 5.74) is 1.01. The normalized spacial score (nSPS) is 10.6. The minimum Gasteiger partial charge on any atom is -0.298 e. The fourth-order valence-electron chi connectivity index (χ4n) is 0.959. The van der Waals surface area contributed by atoms with E-state index in [-0.39, 0.29) is 10.4 Å². The summed E-state index contributed by atoms with van der Waals surface area (Å²) in [6.07, 6.45) is 0.721. The van der Waals surface area contributed by atoms with Gasteiger partial charge in [0, 0.05) is 5.38 Å². The highest BCUT2D eigenvalue weighted by Crippen LogP contribution is 2.29. The summed E-state index contributed by atoms with van der Waals surface area (Å²) in [7, 11) is 0. The molecule has 2 aromatic heterocycles. The molecule has 0 radical (unpaired) electrons. The molecule has 2 aromatic rings. The lowest BCUT2D eigenvalue weighted by molar-refractivity contribution is 0.112. The maximum Gasteiger partial charge on any atom is 0.224 e. The average Bonchev–Trinajstić information content (AvgIpc) is 2.47. The first-order valence-corrected chi connectivity index (χ1v) is 4.91. The SMILES string of the molecule is O=Cc1csc2c(Cl)nc(Cl)nc12. The van der Waals surface area contributed by atoms with Crippen LogP contribution in [0.2, 0.25) is 10.4 Å². The van der Waals surface area contributed by atoms with Gasteiger partial charge in [0.2, 0.25) is 5.28 Å². The summed E-state index contributed by atoms with van der Waals surface area (Å²) in [5, 5.41) is 2.02. The summed E-state index contributed by atoms with van der Waals surface area (Å²) < 4.78 is 0.688. The van der Waals surface area contributed by atoms with Crippen LogP contribution in [0, 0.1) is 0 Å². The number of rotatable bonds is 1. The number of fused-ring (bicyclic) bond motifs is 1. The zero-order valence-corrected chi connectivity index (χ0v) is 8.45. The second-order valence-electron chi connectivity index (χ2n) is 2.27. The predicted octanol–water partition coefficient (Wildman–Crippen LogP) is 2.81. The van der Waals surface area contributed by atoms with Gasteiger partial charge in [-0.15, -0.1) is 11.3 Å². The number of carbonyl (C=O) groups is 1. The van der Waals surface area contributed by atoms with Crippen LogP contribution in [0.4, 0.5) is 0 Å². The second-order valence-corrected chi connectivity index (χ2v) is 3.85. The van der Waals surface area contributed by atoms with E-state index in [9.17, 15) is 4.79 Å². The third kappa shape index (κ3) is 1.41. The van der Waals surface area contributed by atoms with E-state index in [2.05, 4.69) is 9.97 Å². The van der Waals surface area contributed by atoms with Crippen molar-refractivity contribution in [3.05, 3.63) is 21.4 Å². The molecule has 13 heavy (non-hydrogen) atoms. The van der Waals surface area contributed by atoms with E-state index < -0.39 is 0 Å². The van der Waals surface area contributed by atoms with Crippen LogP contribution in [0.25, 0.3) is 10.2 Å². The number of carbonyl (C=O) groups excluding carboxylic acids is 1. The Bertz CT molecular complexity index is 483. The Morgan fingerprint density at radius 2 is 2.15 bits per heavy atom. The first-order chi connectivity index (χ1) is 6.22. The fraction of sp³-hybridized carbons (Fsp3) is 0. The van der Waals surface area contributed by atoms with Crippen LogP contribution in [0.3, 0.4) is 0 Å². The largest absolute Gasteiger partial charge is 0.298 e. The topological polar surface area (TPSA) is 42.9 Å². The molecule has 0 aliphatic heterocycles. The molecule has 0 aliphatic rings. The van der Waals surface area contributed by atoms with E-state index in [1.54, 1.807) is 5.38 Å². The van der Waals surface area contributed by atoms with Crippen LogP contribution in [0.5, 0.6) is 0 Å². The Balaban J connectivity index is 2.89. The highest BCUT2D eigenvalue weighted by Gasteiger charge is 2.10. The molecule has 0 fully saturated rings. The standard InChI is InChI=1S/C7H2Cl2N2OS/c8-6-5-4(10-7(9)11-6)3(1-12)2-13-5/h1-2H. The van der Waals surface area contributed by atoms with Gasteiger partial charge in [-0.05, 0) is 11.6 Å². The summed E-state index contributed by atoms with van der Waals surface area (Å²) in [4.78, 5) is 18.2. The van der Waals surface area contributed by atoms with Gasteiger partial charge < -0.3 is 0 Å². The maximum absolute atomic E-state index is 10.6. The first kappa shape index (κ1) is 8.87. The molecule has 0 amide bonds. The van der Waals surface area contributed by atoms with Crippen molar-refractivity contribution in [1.29, 1.82) is 0 Å². The van der Waals surface area contributed by atoms with Crippen molar-refractivity contribution in [3.63, 3.8) is 0 Å². The van der Waals surface area contributed by atoms with E-state index in [1.165, 1.54) is 11.3 Å². The molecule has 0 unspecified atom stereocenters. The zero-order chi connectivity index (χ0) is 9.42. The summed E-state index contributed by atoms with van der Waals surface area (Å²) in [6, 6.07) is 0.